The van der Waals surface area contributed by atoms with E-state index in [2.05, 4.69) is 10.6 Å². The van der Waals surface area contributed by atoms with Gasteiger partial charge in [-0.25, -0.2) is 13.2 Å². The highest BCUT2D eigenvalue weighted by Crippen LogP contribution is 2.36. The number of nitrogens with one attached hydrogen (secondary N) is 2. The maximum atomic E-state index is 14.2. The molecule has 1 aliphatic heterocycles. The second kappa shape index (κ2) is 9.43. The van der Waals surface area contributed by atoms with Crippen molar-refractivity contribution in [1.29, 1.82) is 0 Å². The maximum Gasteiger partial charge on any atom is 0.242 e. The number of nitrogens with zero attached hydrogens (tertiary/aromatic N) is 1. The minimum atomic E-state index is -0.851. The van der Waals surface area contributed by atoms with Crippen LogP contribution in [0.3, 0.4) is 0 Å². The third-order valence-corrected chi connectivity index (χ3v) is 6.48. The van der Waals surface area contributed by atoms with Crippen LogP contribution in [0, 0.1) is 17.5 Å². The first kappa shape index (κ1) is 23.1. The van der Waals surface area contributed by atoms with Crippen LogP contribution in [-0.2, 0) is 22.6 Å². The molecule has 1 saturated heterocycles. The Hall–Kier alpha value is -3.07. The van der Waals surface area contributed by atoms with E-state index in [9.17, 15) is 22.8 Å². The van der Waals surface area contributed by atoms with Crippen LogP contribution in [0.5, 0.6) is 0 Å². The van der Waals surface area contributed by atoms with Crippen molar-refractivity contribution in [2.24, 2.45) is 0 Å². The molecule has 0 bridgehead atoms. The lowest BCUT2D eigenvalue weighted by Gasteiger charge is -2.26. The Morgan fingerprint density at radius 1 is 1.18 bits per heavy atom. The number of likely N-dealkylation sites (tertiary alicyclic amines) is 1. The van der Waals surface area contributed by atoms with E-state index in [0.717, 1.165) is 18.5 Å². The van der Waals surface area contributed by atoms with Crippen molar-refractivity contribution in [3.63, 3.8) is 0 Å². The van der Waals surface area contributed by atoms with E-state index in [1.54, 1.807) is 19.1 Å². The Morgan fingerprint density at radius 2 is 1.91 bits per heavy atom. The molecule has 2 amide bonds. The molecule has 2 aliphatic rings. The van der Waals surface area contributed by atoms with Crippen LogP contribution in [0.2, 0.25) is 0 Å². The van der Waals surface area contributed by atoms with Crippen LogP contribution in [0.4, 0.5) is 18.9 Å². The lowest BCUT2D eigenvalue weighted by Crippen LogP contribution is -2.51. The van der Waals surface area contributed by atoms with Crippen LogP contribution < -0.4 is 16.4 Å². The topological polar surface area (TPSA) is 87.5 Å². The number of carbonyl (C=O) groups is 2. The van der Waals surface area contributed by atoms with E-state index in [4.69, 9.17) is 5.73 Å². The average Bonchev–Trinajstić information content (AvgIpc) is 3.41. The van der Waals surface area contributed by atoms with Gasteiger partial charge in [-0.3, -0.25) is 14.5 Å². The molecule has 0 saturated carbocycles. The smallest absolute Gasteiger partial charge is 0.242 e. The zero-order valence-electron chi connectivity index (χ0n) is 18.3. The highest BCUT2D eigenvalue weighted by Gasteiger charge is 2.34. The highest BCUT2D eigenvalue weighted by atomic mass is 19.1. The summed E-state index contributed by atoms with van der Waals surface area (Å²) in [7, 11) is 0. The Labute approximate surface area is 190 Å². The van der Waals surface area contributed by atoms with Crippen molar-refractivity contribution in [1.82, 2.24) is 15.5 Å². The van der Waals surface area contributed by atoms with Gasteiger partial charge >= 0.3 is 0 Å². The molecule has 6 nitrogen and oxygen atoms in total. The van der Waals surface area contributed by atoms with Crippen LogP contribution in [0.25, 0.3) is 0 Å². The zero-order chi connectivity index (χ0) is 23.7. The Morgan fingerprint density at radius 3 is 2.64 bits per heavy atom. The van der Waals surface area contributed by atoms with Crippen molar-refractivity contribution < 1.29 is 22.8 Å². The molecule has 2 aromatic rings. The van der Waals surface area contributed by atoms with Crippen LogP contribution >= 0.6 is 0 Å². The number of halogens is 3. The molecule has 3 atom stereocenters. The fourth-order valence-corrected chi connectivity index (χ4v) is 4.66. The van der Waals surface area contributed by atoms with Gasteiger partial charge in [0.05, 0.1) is 12.1 Å². The number of amides is 2. The number of nitrogen functional groups attached to an aromatic ring is 1. The lowest BCUT2D eigenvalue weighted by atomic mass is 10.1. The number of rotatable bonds is 6. The molecule has 176 valence electrons. The monoisotopic (exact) mass is 460 g/mol. The summed E-state index contributed by atoms with van der Waals surface area (Å²) in [6, 6.07) is 5.58. The van der Waals surface area contributed by atoms with E-state index in [0.29, 0.717) is 36.9 Å². The Balaban J connectivity index is 1.35. The van der Waals surface area contributed by atoms with Crippen molar-refractivity contribution in [2.75, 3.05) is 12.3 Å². The van der Waals surface area contributed by atoms with Crippen LogP contribution in [-0.4, -0.2) is 35.3 Å². The summed E-state index contributed by atoms with van der Waals surface area (Å²) in [4.78, 5) is 27.6. The summed E-state index contributed by atoms with van der Waals surface area (Å²) >= 11 is 0. The van der Waals surface area contributed by atoms with Gasteiger partial charge in [-0.15, -0.1) is 0 Å². The van der Waals surface area contributed by atoms with E-state index in [1.807, 2.05) is 4.90 Å². The van der Waals surface area contributed by atoms with Crippen molar-refractivity contribution >= 4 is 17.5 Å². The second-order valence-corrected chi connectivity index (χ2v) is 8.74. The lowest BCUT2D eigenvalue weighted by molar-refractivity contribution is -0.131. The molecule has 2 aromatic carbocycles. The van der Waals surface area contributed by atoms with Crippen molar-refractivity contribution in [3.8, 4) is 0 Å². The molecule has 0 radical (unpaired) electrons. The van der Waals surface area contributed by atoms with Gasteiger partial charge in [0.2, 0.25) is 11.8 Å². The van der Waals surface area contributed by atoms with Crippen molar-refractivity contribution in [2.45, 2.75) is 57.3 Å². The van der Waals surface area contributed by atoms with Crippen LogP contribution in [0.1, 0.15) is 48.9 Å². The van der Waals surface area contributed by atoms with Gasteiger partial charge < -0.3 is 16.4 Å². The summed E-state index contributed by atoms with van der Waals surface area (Å²) in [5.41, 5.74) is 6.52. The first-order valence-corrected chi connectivity index (χ1v) is 11.1. The SMILES string of the molecule is C[C@H](NC(=O)C1CCCN1Cc1ccc(F)cc1)C(=O)N[C@H]1CCc2c1cc(F)c(N)c2F. The minimum absolute atomic E-state index is 0.256. The molecule has 4 N–H and O–H groups in total. The maximum absolute atomic E-state index is 14.2. The molecular formula is C24H27F3N4O2. The number of fused-ring (bicyclic) bond motifs is 1. The standard InChI is InChI=1S/C24H27F3N4O2/c1-13(23(32)30-19-9-8-16-17(19)11-18(26)22(28)21(16)27)29-24(33)20-3-2-10-31(20)12-14-4-6-15(25)7-5-14/h4-7,11,13,19-20H,2-3,8-10,12,28H2,1H3,(H,29,33)(H,30,32)/t13-,19-,20?/m0/s1. The van der Waals surface area contributed by atoms with Gasteiger partial charge in [0.25, 0.3) is 0 Å². The van der Waals surface area contributed by atoms with Gasteiger partial charge in [0, 0.05) is 6.54 Å². The number of hydrogen-bond donors (Lipinski definition) is 3. The number of nitrogens with two attached hydrogens (primary N) is 1. The molecule has 1 heterocycles. The molecule has 0 aromatic heterocycles. The number of benzene rings is 2. The third-order valence-electron chi connectivity index (χ3n) is 6.48. The van der Waals surface area contributed by atoms with Gasteiger partial charge in [0.15, 0.2) is 5.82 Å². The largest absolute Gasteiger partial charge is 0.394 e. The van der Waals surface area contributed by atoms with Gasteiger partial charge in [-0.05, 0) is 74.0 Å². The van der Waals surface area contributed by atoms with Crippen LogP contribution in [0.15, 0.2) is 30.3 Å². The average molecular weight is 461 g/mol. The molecular weight excluding hydrogens is 433 g/mol. The summed E-state index contributed by atoms with van der Waals surface area (Å²) in [5.74, 6) is -2.62. The van der Waals surface area contributed by atoms with Gasteiger partial charge in [-0.1, -0.05) is 12.1 Å². The first-order valence-electron chi connectivity index (χ1n) is 11.1. The quantitative estimate of drug-likeness (QED) is 0.579. The second-order valence-electron chi connectivity index (χ2n) is 8.74. The fraction of sp³-hybridized carbons (Fsp3) is 0.417. The van der Waals surface area contributed by atoms with Gasteiger partial charge in [-0.2, -0.15) is 0 Å². The molecule has 0 spiro atoms. The summed E-state index contributed by atoms with van der Waals surface area (Å²) in [6.45, 7) is 2.82. The summed E-state index contributed by atoms with van der Waals surface area (Å²) < 4.78 is 41.3. The summed E-state index contributed by atoms with van der Waals surface area (Å²) in [5, 5.41) is 5.54. The Bertz CT molecular complexity index is 1060. The van der Waals surface area contributed by atoms with E-state index in [-0.39, 0.29) is 17.8 Å². The molecule has 9 heteroatoms. The minimum Gasteiger partial charge on any atom is -0.394 e. The number of anilines is 1. The Kier molecular flexibility index (Phi) is 6.60. The highest BCUT2D eigenvalue weighted by molar-refractivity contribution is 5.89. The normalized spacial score (nSPS) is 21.0. The van der Waals surface area contributed by atoms with Crippen molar-refractivity contribution in [3.05, 3.63) is 64.5 Å². The predicted molar refractivity (Wildman–Crippen MR) is 117 cm³/mol. The number of hydrogen-bond acceptors (Lipinski definition) is 4. The predicted octanol–water partition coefficient (Wildman–Crippen LogP) is 2.96. The fourth-order valence-electron chi connectivity index (χ4n) is 4.66. The molecule has 1 aliphatic carbocycles. The third kappa shape index (κ3) is 4.83. The van der Waals surface area contributed by atoms with E-state index < -0.39 is 35.3 Å². The number of carbonyl (C=O) groups excluding carboxylic acids is 2. The summed E-state index contributed by atoms with van der Waals surface area (Å²) in [6.07, 6.45) is 2.28. The molecule has 1 fully saturated rings. The van der Waals surface area contributed by atoms with Gasteiger partial charge in [0.1, 0.15) is 23.4 Å². The van der Waals surface area contributed by atoms with E-state index >= 15 is 0 Å². The molecule has 4 rings (SSSR count). The zero-order valence-corrected chi connectivity index (χ0v) is 18.3. The molecule has 33 heavy (non-hydrogen) atoms. The van der Waals surface area contributed by atoms with E-state index in [1.165, 1.54) is 18.2 Å². The molecule has 1 unspecified atom stereocenters. The first-order chi connectivity index (χ1) is 15.7.